The van der Waals surface area contributed by atoms with Crippen LogP contribution in [0.3, 0.4) is 0 Å². The second-order valence-corrected chi connectivity index (χ2v) is 11.3. The van der Waals surface area contributed by atoms with E-state index in [0.717, 1.165) is 48.1 Å². The second kappa shape index (κ2) is 15.5. The van der Waals surface area contributed by atoms with E-state index >= 15 is 0 Å². The molecule has 1 saturated heterocycles. The summed E-state index contributed by atoms with van der Waals surface area (Å²) < 4.78 is 9.19. The maximum atomic E-state index is 12.1. The van der Waals surface area contributed by atoms with Crippen LogP contribution in [-0.2, 0) is 11.2 Å². The van der Waals surface area contributed by atoms with Gasteiger partial charge in [0.2, 0.25) is 5.91 Å². The maximum Gasteiger partial charge on any atom is 0.321 e. The molecule has 0 saturated carbocycles. The number of carboxylic acid groups (broad SMARTS) is 1. The fraction of sp³-hybridized carbons (Fsp3) is 0.483. The number of ether oxygens (including phenoxy) is 1. The molecule has 0 aromatic heterocycles. The van der Waals surface area contributed by atoms with E-state index < -0.39 is 28.6 Å². The highest BCUT2D eigenvalue weighted by atomic mass is 32.2. The minimum absolute atomic E-state index is 0.336. The largest absolute Gasteiger partial charge is 0.494 e. The summed E-state index contributed by atoms with van der Waals surface area (Å²) in [6.45, 7) is 5.00. The maximum absolute atomic E-state index is 12.1. The predicted molar refractivity (Wildman–Crippen MR) is 151 cm³/mol. The summed E-state index contributed by atoms with van der Waals surface area (Å²) in [4.78, 5) is 24.5. The van der Waals surface area contributed by atoms with Crippen molar-refractivity contribution >= 4 is 27.9 Å². The van der Waals surface area contributed by atoms with Crippen LogP contribution in [0.25, 0.3) is 0 Å². The first-order valence-corrected chi connectivity index (χ1v) is 14.6. The van der Waals surface area contributed by atoms with Crippen LogP contribution in [0.1, 0.15) is 67.8 Å². The molecule has 1 amide bonds. The van der Waals surface area contributed by atoms with Crippen molar-refractivity contribution < 1.29 is 19.4 Å². The zero-order chi connectivity index (χ0) is 26.5. The first-order valence-electron chi connectivity index (χ1n) is 13.3. The van der Waals surface area contributed by atoms with Gasteiger partial charge in [-0.15, -0.1) is 0 Å². The highest BCUT2D eigenvalue weighted by Crippen LogP contribution is 2.26. The molecule has 1 heterocycles. The summed E-state index contributed by atoms with van der Waals surface area (Å²) in [7, 11) is -0.645. The third-order valence-corrected chi connectivity index (χ3v) is 8.57. The van der Waals surface area contributed by atoms with E-state index in [0.29, 0.717) is 18.6 Å². The number of hydrogen-bond donors (Lipinski definition) is 4. The molecule has 8 heteroatoms. The average molecular weight is 528 g/mol. The molecule has 2 aromatic rings. The van der Waals surface area contributed by atoms with E-state index in [-0.39, 0.29) is 0 Å². The lowest BCUT2D eigenvalue weighted by molar-refractivity contribution is -0.138. The Balaban J connectivity index is 1.51. The lowest BCUT2D eigenvalue weighted by Crippen LogP contribution is -2.35. The van der Waals surface area contributed by atoms with Crippen LogP contribution in [0.2, 0.25) is 0 Å². The third kappa shape index (κ3) is 9.95. The molecule has 202 valence electrons. The van der Waals surface area contributed by atoms with E-state index in [1.807, 2.05) is 42.6 Å². The van der Waals surface area contributed by atoms with Gasteiger partial charge in [-0.1, -0.05) is 42.2 Å². The van der Waals surface area contributed by atoms with Crippen molar-refractivity contribution in [3.8, 4) is 5.75 Å². The van der Waals surface area contributed by atoms with Crippen LogP contribution >= 0.6 is 10.7 Å². The summed E-state index contributed by atoms with van der Waals surface area (Å²) in [6, 6.07) is 13.9. The Labute approximate surface area is 223 Å². The minimum atomic E-state index is -0.919. The molecule has 0 bridgehead atoms. The second-order valence-electron chi connectivity index (χ2n) is 9.55. The van der Waals surface area contributed by atoms with Crippen molar-refractivity contribution in [2.45, 2.75) is 69.2 Å². The van der Waals surface area contributed by atoms with Crippen molar-refractivity contribution in [3.63, 3.8) is 0 Å². The van der Waals surface area contributed by atoms with E-state index in [1.165, 1.54) is 32.1 Å². The predicted octanol–water partition coefficient (Wildman–Crippen LogP) is 4.76. The monoisotopic (exact) mass is 527 g/mol. The number of hydrogen-bond acceptors (Lipinski definition) is 5. The summed E-state index contributed by atoms with van der Waals surface area (Å²) >= 11 is 0. The lowest BCUT2D eigenvalue weighted by Gasteiger charge is -2.19. The number of primary amides is 1. The SMILES string of the molecule is CC/C=S(/N[C@@H](Cc1ccc(OCCCCC2CCCNCC2)cc1)C(=O)O)c1cccc(C(N)=O)c1. The molecule has 3 atom stereocenters. The number of carbonyl (C=O) groups is 2. The molecular formula is C29H41N3O4S. The molecule has 1 aliphatic rings. The highest BCUT2D eigenvalue weighted by molar-refractivity contribution is 8.13. The van der Waals surface area contributed by atoms with E-state index in [1.54, 1.807) is 18.2 Å². The van der Waals surface area contributed by atoms with Crippen LogP contribution in [0.15, 0.2) is 53.4 Å². The van der Waals surface area contributed by atoms with Crippen LogP contribution < -0.4 is 20.5 Å². The van der Waals surface area contributed by atoms with Gasteiger partial charge >= 0.3 is 5.97 Å². The van der Waals surface area contributed by atoms with E-state index in [9.17, 15) is 14.7 Å². The molecule has 2 aromatic carbocycles. The Bertz CT molecular complexity index is 1030. The average Bonchev–Trinajstić information content (AvgIpc) is 3.17. The third-order valence-electron chi connectivity index (χ3n) is 6.61. The van der Waals surface area contributed by atoms with E-state index in [4.69, 9.17) is 10.5 Å². The summed E-state index contributed by atoms with van der Waals surface area (Å²) in [5.41, 5.74) is 6.75. The molecule has 0 aliphatic carbocycles. The molecule has 5 N–H and O–H groups in total. The molecular weight excluding hydrogens is 486 g/mol. The number of benzene rings is 2. The Morgan fingerprint density at radius 1 is 1.19 bits per heavy atom. The Hall–Kier alpha value is -2.68. The number of carbonyl (C=O) groups excluding carboxylic acids is 1. The van der Waals surface area contributed by atoms with Gasteiger partial charge in [0.15, 0.2) is 0 Å². The number of aliphatic carboxylic acids is 1. The van der Waals surface area contributed by atoms with Gasteiger partial charge in [0.1, 0.15) is 11.8 Å². The van der Waals surface area contributed by atoms with Crippen molar-refractivity contribution in [2.24, 2.45) is 11.7 Å². The molecule has 0 spiro atoms. The molecule has 1 aliphatic heterocycles. The van der Waals surface area contributed by atoms with Gasteiger partial charge in [0.25, 0.3) is 0 Å². The Morgan fingerprint density at radius 3 is 2.73 bits per heavy atom. The fourth-order valence-electron chi connectivity index (χ4n) is 4.56. The fourth-order valence-corrected chi connectivity index (χ4v) is 6.29. The van der Waals surface area contributed by atoms with Gasteiger partial charge < -0.3 is 20.9 Å². The minimum Gasteiger partial charge on any atom is -0.494 e. The Kier molecular flexibility index (Phi) is 12.1. The van der Waals surface area contributed by atoms with Crippen molar-refractivity contribution in [1.29, 1.82) is 0 Å². The number of nitrogens with one attached hydrogen (secondary N) is 2. The van der Waals surface area contributed by atoms with Gasteiger partial charge in [-0.3, -0.25) is 14.3 Å². The number of rotatable bonds is 14. The van der Waals surface area contributed by atoms with Gasteiger partial charge in [0, 0.05) is 10.5 Å². The standard InChI is InChI=1S/C29H41N3O4S/c1-2-19-37(26-10-5-9-24(21-26)28(30)33)32-27(29(34)35)20-23-11-13-25(14-12-23)36-18-4-3-7-22-8-6-16-31-17-15-22/h5,9-14,19,21-22,27,31-32H,2-4,6-8,15-18,20H2,1H3,(H2,30,33)(H,34,35)/t22?,27-,37?/m0/s1. The number of nitrogens with two attached hydrogens (primary N) is 1. The first kappa shape index (κ1) is 28.9. The molecule has 0 radical (unpaired) electrons. The molecule has 2 unspecified atom stereocenters. The van der Waals surface area contributed by atoms with Gasteiger partial charge in [0.05, 0.1) is 6.61 Å². The van der Waals surface area contributed by atoms with Gasteiger partial charge in [-0.05, 0) is 105 Å². The number of amides is 1. The normalized spacial score (nSPS) is 17.6. The Morgan fingerprint density at radius 2 is 2.00 bits per heavy atom. The van der Waals surface area contributed by atoms with Crippen LogP contribution in [0.4, 0.5) is 0 Å². The van der Waals surface area contributed by atoms with Crippen molar-refractivity contribution in [1.82, 2.24) is 10.0 Å². The molecule has 7 nitrogen and oxygen atoms in total. The summed E-state index contributed by atoms with van der Waals surface area (Å²) in [5, 5.41) is 15.4. The van der Waals surface area contributed by atoms with Gasteiger partial charge in [-0.2, -0.15) is 0 Å². The van der Waals surface area contributed by atoms with Gasteiger partial charge in [-0.25, -0.2) is 0 Å². The molecule has 37 heavy (non-hydrogen) atoms. The quantitative estimate of drug-likeness (QED) is 0.208. The van der Waals surface area contributed by atoms with Crippen molar-refractivity contribution in [3.05, 3.63) is 59.7 Å². The molecule has 3 rings (SSSR count). The smallest absolute Gasteiger partial charge is 0.321 e. The molecule has 1 fully saturated rings. The number of unbranched alkanes of at least 4 members (excludes halogenated alkanes) is 1. The number of carboxylic acids is 1. The zero-order valence-electron chi connectivity index (χ0n) is 21.8. The first-order chi connectivity index (χ1) is 18.0. The van der Waals surface area contributed by atoms with Crippen LogP contribution in [0, 0.1) is 5.92 Å². The lowest BCUT2D eigenvalue weighted by atomic mass is 9.95. The summed E-state index contributed by atoms with van der Waals surface area (Å²) in [5.74, 6) is 0.228. The summed E-state index contributed by atoms with van der Waals surface area (Å²) in [6.07, 6.45) is 8.50. The van der Waals surface area contributed by atoms with Crippen molar-refractivity contribution in [2.75, 3.05) is 19.7 Å². The topological polar surface area (TPSA) is 114 Å². The highest BCUT2D eigenvalue weighted by Gasteiger charge is 2.20. The van der Waals surface area contributed by atoms with E-state index in [2.05, 4.69) is 10.0 Å². The van der Waals surface area contributed by atoms with Crippen LogP contribution in [-0.4, -0.2) is 48.1 Å². The zero-order valence-corrected chi connectivity index (χ0v) is 22.6. The van der Waals surface area contributed by atoms with Crippen LogP contribution in [0.5, 0.6) is 5.75 Å².